The van der Waals surface area contributed by atoms with Gasteiger partial charge in [-0.15, -0.1) is 11.3 Å². The Morgan fingerprint density at radius 1 is 1.24 bits per heavy atom. The van der Waals surface area contributed by atoms with Crippen molar-refractivity contribution in [2.75, 3.05) is 0 Å². The van der Waals surface area contributed by atoms with Crippen molar-refractivity contribution >= 4 is 27.3 Å². The summed E-state index contributed by atoms with van der Waals surface area (Å²) in [6, 6.07) is 0.433. The van der Waals surface area contributed by atoms with Gasteiger partial charge in [-0.05, 0) is 32.3 Å². The molecule has 0 N–H and O–H groups in total. The highest BCUT2D eigenvalue weighted by Crippen LogP contribution is 2.30. The Hall–Kier alpha value is -1.69. The van der Waals surface area contributed by atoms with Gasteiger partial charge in [0.05, 0.1) is 5.39 Å². The lowest BCUT2D eigenvalue weighted by Crippen LogP contribution is -2.18. The van der Waals surface area contributed by atoms with E-state index in [9.17, 15) is 4.79 Å². The molecule has 3 aromatic rings. The van der Waals surface area contributed by atoms with E-state index in [1.165, 1.54) is 23.8 Å². The topological polar surface area (TPSA) is 52.2 Å². The fourth-order valence-corrected chi connectivity index (χ4v) is 4.34. The fraction of sp³-hybridized carbons (Fsp3) is 0.533. The molecule has 1 aliphatic carbocycles. The second kappa shape index (κ2) is 4.66. The molecule has 0 bridgehead atoms. The Kier molecular flexibility index (Phi) is 2.89. The van der Waals surface area contributed by atoms with Crippen LogP contribution in [0.5, 0.6) is 0 Å². The van der Waals surface area contributed by atoms with Crippen LogP contribution in [0.1, 0.15) is 48.6 Å². The van der Waals surface area contributed by atoms with Crippen LogP contribution in [0.15, 0.2) is 11.1 Å². The van der Waals surface area contributed by atoms with E-state index in [2.05, 4.69) is 9.67 Å². The van der Waals surface area contributed by atoms with Crippen molar-refractivity contribution < 1.29 is 0 Å². The molecule has 0 amide bonds. The summed E-state index contributed by atoms with van der Waals surface area (Å²) in [6.45, 7) is 4.03. The summed E-state index contributed by atoms with van der Waals surface area (Å²) in [5.41, 5.74) is 1.00. The van der Waals surface area contributed by atoms with Gasteiger partial charge in [-0.2, -0.15) is 9.61 Å². The van der Waals surface area contributed by atoms with Crippen LogP contribution in [0.2, 0.25) is 0 Å². The van der Waals surface area contributed by atoms with Crippen LogP contribution < -0.4 is 5.56 Å². The highest BCUT2D eigenvalue weighted by molar-refractivity contribution is 7.18. The molecule has 21 heavy (non-hydrogen) atoms. The maximum absolute atomic E-state index is 12.7. The lowest BCUT2D eigenvalue weighted by molar-refractivity contribution is 0.358. The summed E-state index contributed by atoms with van der Waals surface area (Å²) < 4.78 is 3.57. The van der Waals surface area contributed by atoms with Gasteiger partial charge >= 0.3 is 0 Å². The van der Waals surface area contributed by atoms with E-state index < -0.39 is 0 Å². The Bertz CT molecular complexity index is 882. The predicted octanol–water partition coefficient (Wildman–Crippen LogP) is 3.23. The summed E-state index contributed by atoms with van der Waals surface area (Å²) in [5, 5.41) is 5.03. The second-order valence-electron chi connectivity index (χ2n) is 5.92. The van der Waals surface area contributed by atoms with E-state index in [4.69, 9.17) is 4.98 Å². The summed E-state index contributed by atoms with van der Waals surface area (Å²) in [7, 11) is 0. The molecule has 6 heteroatoms. The van der Waals surface area contributed by atoms with Gasteiger partial charge in [-0.3, -0.25) is 9.36 Å². The Labute approximate surface area is 126 Å². The summed E-state index contributed by atoms with van der Waals surface area (Å²) in [4.78, 5) is 19.4. The van der Waals surface area contributed by atoms with E-state index in [-0.39, 0.29) is 5.56 Å². The first-order valence-corrected chi connectivity index (χ1v) is 8.34. The fourth-order valence-electron chi connectivity index (χ4n) is 3.32. The van der Waals surface area contributed by atoms with Crippen LogP contribution in [0, 0.1) is 13.8 Å². The number of aromatic nitrogens is 4. The van der Waals surface area contributed by atoms with E-state index in [1.807, 2.05) is 13.8 Å². The van der Waals surface area contributed by atoms with Crippen LogP contribution in [-0.2, 0) is 0 Å². The van der Waals surface area contributed by atoms with Crippen LogP contribution in [0.3, 0.4) is 0 Å². The maximum Gasteiger partial charge on any atom is 0.284 e. The standard InChI is InChI=1S/C15H18N4OS/c1-9-10(2)21-13-12(9)14(20)19-15(17-13)18(8-16-19)11-6-4-3-5-7-11/h8,11H,3-7H2,1-2H3. The van der Waals surface area contributed by atoms with Crippen LogP contribution in [-0.4, -0.2) is 19.2 Å². The van der Waals surface area contributed by atoms with E-state index >= 15 is 0 Å². The van der Waals surface area contributed by atoms with Crippen molar-refractivity contribution in [1.29, 1.82) is 0 Å². The molecule has 0 spiro atoms. The lowest BCUT2D eigenvalue weighted by atomic mass is 9.95. The molecule has 0 aromatic carbocycles. The number of hydrogen-bond acceptors (Lipinski definition) is 4. The zero-order valence-corrected chi connectivity index (χ0v) is 13.1. The average Bonchev–Trinajstić information content (AvgIpc) is 3.03. The van der Waals surface area contributed by atoms with Crippen molar-refractivity contribution in [3.63, 3.8) is 0 Å². The van der Waals surface area contributed by atoms with Crippen LogP contribution in [0.4, 0.5) is 0 Å². The van der Waals surface area contributed by atoms with Crippen molar-refractivity contribution in [3.05, 3.63) is 27.1 Å². The Morgan fingerprint density at radius 2 is 2.00 bits per heavy atom. The van der Waals surface area contributed by atoms with Crippen molar-refractivity contribution in [3.8, 4) is 0 Å². The second-order valence-corrected chi connectivity index (χ2v) is 7.13. The zero-order chi connectivity index (χ0) is 14.6. The third-order valence-electron chi connectivity index (χ3n) is 4.65. The molecule has 3 heterocycles. The molecule has 0 unspecified atom stereocenters. The average molecular weight is 302 g/mol. The summed E-state index contributed by atoms with van der Waals surface area (Å²) in [6.07, 6.45) is 7.90. The molecule has 5 nitrogen and oxygen atoms in total. The van der Waals surface area contributed by atoms with Gasteiger partial charge in [0.25, 0.3) is 5.56 Å². The van der Waals surface area contributed by atoms with Crippen LogP contribution in [0.25, 0.3) is 16.0 Å². The molecule has 0 atom stereocenters. The SMILES string of the molecule is Cc1sc2nc3n(C4CCCCC4)cnn3c(=O)c2c1C. The number of thiophene rings is 1. The van der Waals surface area contributed by atoms with Gasteiger partial charge in [0.2, 0.25) is 5.78 Å². The molecule has 3 aromatic heterocycles. The predicted molar refractivity (Wildman–Crippen MR) is 84.2 cm³/mol. The third kappa shape index (κ3) is 1.85. The quantitative estimate of drug-likeness (QED) is 0.693. The van der Waals surface area contributed by atoms with Gasteiger partial charge in [0.15, 0.2) is 0 Å². The molecule has 1 fully saturated rings. The molecule has 0 radical (unpaired) electrons. The minimum absolute atomic E-state index is 0.0357. The van der Waals surface area contributed by atoms with Crippen molar-refractivity contribution in [2.24, 2.45) is 0 Å². The molecule has 0 saturated heterocycles. The lowest BCUT2D eigenvalue weighted by Gasteiger charge is -2.22. The Morgan fingerprint density at radius 3 is 2.76 bits per heavy atom. The van der Waals surface area contributed by atoms with E-state index in [0.29, 0.717) is 11.8 Å². The van der Waals surface area contributed by atoms with Gasteiger partial charge in [0, 0.05) is 10.9 Å². The highest BCUT2D eigenvalue weighted by Gasteiger charge is 2.21. The van der Waals surface area contributed by atoms with Crippen LogP contribution >= 0.6 is 11.3 Å². The summed E-state index contributed by atoms with van der Waals surface area (Å²) >= 11 is 1.60. The van der Waals surface area contributed by atoms with Crippen molar-refractivity contribution in [1.82, 2.24) is 19.2 Å². The van der Waals surface area contributed by atoms with E-state index in [1.54, 1.807) is 17.7 Å². The number of nitrogens with zero attached hydrogens (tertiary/aromatic N) is 4. The first-order chi connectivity index (χ1) is 10.2. The normalized spacial score (nSPS) is 17.0. The molecule has 110 valence electrons. The first-order valence-electron chi connectivity index (χ1n) is 7.52. The molecule has 1 saturated carbocycles. The molecule has 1 aliphatic rings. The minimum Gasteiger partial charge on any atom is -0.296 e. The highest BCUT2D eigenvalue weighted by atomic mass is 32.1. The molecular weight excluding hydrogens is 284 g/mol. The van der Waals surface area contributed by atoms with Gasteiger partial charge in [0.1, 0.15) is 11.2 Å². The maximum atomic E-state index is 12.7. The molecular formula is C15H18N4OS. The van der Waals surface area contributed by atoms with Gasteiger partial charge in [-0.1, -0.05) is 19.3 Å². The van der Waals surface area contributed by atoms with Crippen molar-refractivity contribution in [2.45, 2.75) is 52.0 Å². The minimum atomic E-state index is -0.0357. The summed E-state index contributed by atoms with van der Waals surface area (Å²) in [5.74, 6) is 0.695. The number of aryl methyl sites for hydroxylation is 2. The monoisotopic (exact) mass is 302 g/mol. The first kappa shape index (κ1) is 13.0. The van der Waals surface area contributed by atoms with Gasteiger partial charge in [-0.25, -0.2) is 4.98 Å². The largest absolute Gasteiger partial charge is 0.296 e. The van der Waals surface area contributed by atoms with E-state index in [0.717, 1.165) is 33.5 Å². The number of fused-ring (bicyclic) bond motifs is 2. The molecule has 0 aliphatic heterocycles. The smallest absolute Gasteiger partial charge is 0.284 e. The number of rotatable bonds is 1. The number of hydrogen-bond donors (Lipinski definition) is 0. The Balaban J connectivity index is 1.99. The third-order valence-corrected chi connectivity index (χ3v) is 5.76. The molecule has 4 rings (SSSR count). The zero-order valence-electron chi connectivity index (χ0n) is 12.3. The van der Waals surface area contributed by atoms with Gasteiger partial charge < -0.3 is 0 Å².